The topological polar surface area (TPSA) is 98.2 Å². The number of nitrogens with one attached hydrogen (secondary N) is 1. The van der Waals surface area contributed by atoms with Crippen LogP contribution in [0.5, 0.6) is 0 Å². The van der Waals surface area contributed by atoms with Gasteiger partial charge in [0.05, 0.1) is 0 Å². The Balaban J connectivity index is 0.00000256. The summed E-state index contributed by atoms with van der Waals surface area (Å²) in [6.07, 6.45) is 2.87. The molecule has 0 saturated heterocycles. The summed E-state index contributed by atoms with van der Waals surface area (Å²) in [5, 5.41) is 2.69. The number of amides is 2. The van der Waals surface area contributed by atoms with E-state index >= 15 is 0 Å². The molecule has 0 bridgehead atoms. The van der Waals surface area contributed by atoms with Crippen molar-refractivity contribution < 1.29 is 9.59 Å². The molecule has 100 valence electrons. The van der Waals surface area contributed by atoms with Crippen molar-refractivity contribution in [2.24, 2.45) is 23.3 Å². The van der Waals surface area contributed by atoms with E-state index in [2.05, 4.69) is 5.32 Å². The first-order valence-electron chi connectivity index (χ1n) is 5.70. The number of primary amides is 1. The van der Waals surface area contributed by atoms with Gasteiger partial charge in [0, 0.05) is 5.92 Å². The first-order valence-corrected chi connectivity index (χ1v) is 5.70. The molecule has 17 heavy (non-hydrogen) atoms. The maximum Gasteiger partial charge on any atom is 0.242 e. The van der Waals surface area contributed by atoms with Gasteiger partial charge < -0.3 is 16.8 Å². The molecule has 1 rings (SSSR count). The molecule has 0 radical (unpaired) electrons. The third kappa shape index (κ3) is 3.85. The molecule has 5 nitrogen and oxygen atoms in total. The monoisotopic (exact) mass is 263 g/mol. The Labute approximate surface area is 108 Å². The molecule has 1 saturated carbocycles. The van der Waals surface area contributed by atoms with Gasteiger partial charge in [0.1, 0.15) is 5.54 Å². The van der Waals surface area contributed by atoms with Crippen LogP contribution in [0.2, 0.25) is 0 Å². The molecule has 0 aromatic rings. The predicted octanol–water partition coefficient (Wildman–Crippen LogP) is 0.163. The summed E-state index contributed by atoms with van der Waals surface area (Å²) in [6, 6.07) is 0. The minimum absolute atomic E-state index is 0. The molecule has 0 heterocycles. The van der Waals surface area contributed by atoms with Crippen molar-refractivity contribution in [3.8, 4) is 0 Å². The SMILES string of the molecule is CC(C)(NC(=O)[C@@H]1CCC[C@@H]1CN)C(N)=O.Cl. The molecule has 0 unspecified atom stereocenters. The minimum Gasteiger partial charge on any atom is -0.368 e. The van der Waals surface area contributed by atoms with Crippen LogP contribution in [0.4, 0.5) is 0 Å². The Hall–Kier alpha value is -0.810. The van der Waals surface area contributed by atoms with Crippen molar-refractivity contribution in [1.29, 1.82) is 0 Å². The Morgan fingerprint density at radius 3 is 2.41 bits per heavy atom. The smallest absolute Gasteiger partial charge is 0.242 e. The maximum absolute atomic E-state index is 12.0. The molecular weight excluding hydrogens is 242 g/mol. The van der Waals surface area contributed by atoms with Crippen LogP contribution < -0.4 is 16.8 Å². The number of hydrogen-bond donors (Lipinski definition) is 3. The fourth-order valence-corrected chi connectivity index (χ4v) is 2.13. The number of rotatable bonds is 4. The zero-order valence-corrected chi connectivity index (χ0v) is 11.2. The van der Waals surface area contributed by atoms with E-state index < -0.39 is 11.4 Å². The molecule has 6 heteroatoms. The van der Waals surface area contributed by atoms with Crippen LogP contribution in [0.15, 0.2) is 0 Å². The minimum atomic E-state index is -0.987. The lowest BCUT2D eigenvalue weighted by Crippen LogP contribution is -2.55. The first kappa shape index (κ1) is 16.2. The number of hydrogen-bond acceptors (Lipinski definition) is 3. The molecule has 1 aliphatic carbocycles. The van der Waals surface area contributed by atoms with Crippen LogP contribution in [0.3, 0.4) is 0 Å². The summed E-state index contributed by atoms with van der Waals surface area (Å²) < 4.78 is 0. The zero-order valence-electron chi connectivity index (χ0n) is 10.4. The Bertz CT molecular complexity index is 294. The number of carbonyl (C=O) groups is 2. The van der Waals surface area contributed by atoms with E-state index in [-0.39, 0.29) is 30.2 Å². The number of halogens is 1. The van der Waals surface area contributed by atoms with Gasteiger partial charge in [-0.3, -0.25) is 9.59 Å². The highest BCUT2D eigenvalue weighted by Crippen LogP contribution is 2.31. The molecule has 1 aliphatic rings. The molecule has 0 spiro atoms. The van der Waals surface area contributed by atoms with E-state index in [9.17, 15) is 9.59 Å². The number of carbonyl (C=O) groups excluding carboxylic acids is 2. The van der Waals surface area contributed by atoms with Gasteiger partial charge in [-0.05, 0) is 39.2 Å². The van der Waals surface area contributed by atoms with E-state index in [1.165, 1.54) is 0 Å². The van der Waals surface area contributed by atoms with Crippen molar-refractivity contribution >= 4 is 24.2 Å². The number of nitrogens with two attached hydrogens (primary N) is 2. The van der Waals surface area contributed by atoms with Crippen LogP contribution in [-0.4, -0.2) is 23.9 Å². The van der Waals surface area contributed by atoms with Crippen molar-refractivity contribution in [2.75, 3.05) is 6.54 Å². The highest BCUT2D eigenvalue weighted by Gasteiger charge is 2.36. The van der Waals surface area contributed by atoms with E-state index in [4.69, 9.17) is 11.5 Å². The molecule has 0 aliphatic heterocycles. The van der Waals surface area contributed by atoms with Gasteiger partial charge in [-0.25, -0.2) is 0 Å². The third-order valence-corrected chi connectivity index (χ3v) is 3.35. The largest absolute Gasteiger partial charge is 0.368 e. The van der Waals surface area contributed by atoms with Gasteiger partial charge in [0.2, 0.25) is 11.8 Å². The third-order valence-electron chi connectivity index (χ3n) is 3.35. The summed E-state index contributed by atoms with van der Waals surface area (Å²) in [5.74, 6) is -0.452. The summed E-state index contributed by atoms with van der Waals surface area (Å²) >= 11 is 0. The van der Waals surface area contributed by atoms with E-state index in [0.29, 0.717) is 6.54 Å². The molecule has 5 N–H and O–H groups in total. The summed E-state index contributed by atoms with van der Waals surface area (Å²) in [5.41, 5.74) is 9.83. The van der Waals surface area contributed by atoms with Crippen molar-refractivity contribution in [2.45, 2.75) is 38.6 Å². The highest BCUT2D eigenvalue weighted by molar-refractivity contribution is 5.90. The summed E-state index contributed by atoms with van der Waals surface area (Å²) in [6.45, 7) is 3.74. The van der Waals surface area contributed by atoms with Crippen molar-refractivity contribution in [3.63, 3.8) is 0 Å². The highest BCUT2D eigenvalue weighted by atomic mass is 35.5. The average Bonchev–Trinajstić information content (AvgIpc) is 2.64. The van der Waals surface area contributed by atoms with Crippen LogP contribution in [0.1, 0.15) is 33.1 Å². The van der Waals surface area contributed by atoms with Gasteiger partial charge in [0.25, 0.3) is 0 Å². The second-order valence-corrected chi connectivity index (χ2v) is 5.01. The first-order chi connectivity index (χ1) is 7.38. The standard InChI is InChI=1S/C11H21N3O2.ClH/c1-11(2,10(13)16)14-9(15)8-5-3-4-7(8)6-12;/h7-8H,3-6,12H2,1-2H3,(H2,13,16)(H,14,15);1H/t7-,8-;/m1./s1. The van der Waals surface area contributed by atoms with Crippen molar-refractivity contribution in [1.82, 2.24) is 5.32 Å². The van der Waals surface area contributed by atoms with Crippen LogP contribution in [0.25, 0.3) is 0 Å². The lowest BCUT2D eigenvalue weighted by Gasteiger charge is -2.26. The normalized spacial score (nSPS) is 23.9. The zero-order chi connectivity index (χ0) is 12.3. The fraction of sp³-hybridized carbons (Fsp3) is 0.818. The molecule has 0 aromatic heterocycles. The Kier molecular flexibility index (Phi) is 5.92. The van der Waals surface area contributed by atoms with E-state index in [1.54, 1.807) is 13.8 Å². The van der Waals surface area contributed by atoms with Crippen LogP contribution in [0, 0.1) is 11.8 Å². The van der Waals surface area contributed by atoms with Gasteiger partial charge in [-0.2, -0.15) is 0 Å². The van der Waals surface area contributed by atoms with Gasteiger partial charge in [0.15, 0.2) is 0 Å². The maximum atomic E-state index is 12.0. The lowest BCUT2D eigenvalue weighted by molar-refractivity contribution is -0.133. The van der Waals surface area contributed by atoms with E-state index in [0.717, 1.165) is 19.3 Å². The van der Waals surface area contributed by atoms with Crippen molar-refractivity contribution in [3.05, 3.63) is 0 Å². The van der Waals surface area contributed by atoms with Gasteiger partial charge in [-0.15, -0.1) is 12.4 Å². The van der Waals surface area contributed by atoms with Crippen LogP contribution >= 0.6 is 12.4 Å². The second-order valence-electron chi connectivity index (χ2n) is 5.01. The predicted molar refractivity (Wildman–Crippen MR) is 68.5 cm³/mol. The van der Waals surface area contributed by atoms with E-state index in [1.807, 2.05) is 0 Å². The molecular formula is C11H22ClN3O2. The average molecular weight is 264 g/mol. The van der Waals surface area contributed by atoms with Crippen LogP contribution in [-0.2, 0) is 9.59 Å². The summed E-state index contributed by atoms with van der Waals surface area (Å²) in [4.78, 5) is 23.1. The molecule has 1 fully saturated rings. The quantitative estimate of drug-likeness (QED) is 0.674. The summed E-state index contributed by atoms with van der Waals surface area (Å²) in [7, 11) is 0. The Morgan fingerprint density at radius 2 is 1.94 bits per heavy atom. The fourth-order valence-electron chi connectivity index (χ4n) is 2.13. The molecule has 2 amide bonds. The van der Waals surface area contributed by atoms with Gasteiger partial charge in [-0.1, -0.05) is 6.42 Å². The Morgan fingerprint density at radius 1 is 1.35 bits per heavy atom. The molecule has 0 aromatic carbocycles. The molecule has 2 atom stereocenters. The van der Waals surface area contributed by atoms with Gasteiger partial charge >= 0.3 is 0 Å². The second kappa shape index (κ2) is 6.21. The lowest BCUT2D eigenvalue weighted by atomic mass is 9.93.